The predicted molar refractivity (Wildman–Crippen MR) is 138 cm³/mol. The van der Waals surface area contributed by atoms with Gasteiger partial charge in [-0.1, -0.05) is 0 Å². The van der Waals surface area contributed by atoms with E-state index < -0.39 is 0 Å². The molecule has 8 nitrogen and oxygen atoms in total. The molecule has 0 radical (unpaired) electrons. The highest BCUT2D eigenvalue weighted by atomic mass is 32.1. The van der Waals surface area contributed by atoms with Crippen molar-refractivity contribution in [3.8, 4) is 0 Å². The zero-order chi connectivity index (χ0) is 23.9. The van der Waals surface area contributed by atoms with Crippen LogP contribution < -0.4 is 15.1 Å². The molecule has 1 aliphatic heterocycles. The van der Waals surface area contributed by atoms with Crippen LogP contribution in [-0.4, -0.2) is 50.7 Å². The Morgan fingerprint density at radius 2 is 1.83 bits per heavy atom. The van der Waals surface area contributed by atoms with Crippen LogP contribution in [0.25, 0.3) is 16.6 Å². The maximum absolute atomic E-state index is 14.4. The molecule has 178 valence electrons. The lowest BCUT2D eigenvalue weighted by Crippen LogP contribution is -2.47. The molecule has 1 N–H and O–H groups in total. The zero-order valence-electron chi connectivity index (χ0n) is 19.5. The average molecular weight is 489 g/mol. The summed E-state index contributed by atoms with van der Waals surface area (Å²) in [4.78, 5) is 18.5. The number of aryl methyl sites for hydroxylation is 1. The van der Waals surface area contributed by atoms with E-state index in [4.69, 9.17) is 4.98 Å². The highest BCUT2D eigenvalue weighted by Crippen LogP contribution is 2.33. The molecule has 5 aromatic rings. The van der Waals surface area contributed by atoms with E-state index >= 15 is 0 Å². The molecular formula is C25H25FN8S. The van der Waals surface area contributed by atoms with Crippen molar-refractivity contribution in [1.29, 1.82) is 0 Å². The molecular weight excluding hydrogens is 463 g/mol. The minimum Gasteiger partial charge on any atom is -0.363 e. The quantitative estimate of drug-likeness (QED) is 0.385. The second-order valence-electron chi connectivity index (χ2n) is 8.73. The summed E-state index contributed by atoms with van der Waals surface area (Å²) in [7, 11) is 0. The first-order valence-electron chi connectivity index (χ1n) is 11.6. The van der Waals surface area contributed by atoms with Crippen LogP contribution in [0.4, 0.5) is 21.2 Å². The van der Waals surface area contributed by atoms with Crippen molar-refractivity contribution in [2.75, 3.05) is 41.3 Å². The summed E-state index contributed by atoms with van der Waals surface area (Å²) in [6, 6.07) is 9.18. The summed E-state index contributed by atoms with van der Waals surface area (Å²) in [5, 5.41) is 12.0. The van der Waals surface area contributed by atoms with Gasteiger partial charge in [-0.2, -0.15) is 9.61 Å². The van der Waals surface area contributed by atoms with E-state index in [1.54, 1.807) is 35.2 Å². The number of halogens is 1. The third-order valence-electron chi connectivity index (χ3n) is 6.57. The Morgan fingerprint density at radius 1 is 1.00 bits per heavy atom. The van der Waals surface area contributed by atoms with E-state index in [0.717, 1.165) is 59.5 Å². The van der Waals surface area contributed by atoms with Gasteiger partial charge in [0.2, 0.25) is 0 Å². The molecule has 0 spiro atoms. The Bertz CT molecular complexity index is 1490. The van der Waals surface area contributed by atoms with Gasteiger partial charge in [0.05, 0.1) is 17.8 Å². The van der Waals surface area contributed by atoms with E-state index in [0.29, 0.717) is 11.1 Å². The SMILES string of the molecule is Cc1c(F)ccc2cc(C(C)Nc3ccnc4ccnn34)c(N3CCN(c4nccs4)CC3)nc12. The number of fused-ring (bicyclic) bond motifs is 2. The molecule has 10 heteroatoms. The molecule has 1 atom stereocenters. The summed E-state index contributed by atoms with van der Waals surface area (Å²) >= 11 is 1.66. The Kier molecular flexibility index (Phi) is 5.44. The average Bonchev–Trinajstić information content (AvgIpc) is 3.59. The maximum atomic E-state index is 14.4. The number of benzene rings is 1. The van der Waals surface area contributed by atoms with E-state index in [1.165, 1.54) is 6.07 Å². The first-order valence-corrected chi connectivity index (χ1v) is 12.5. The van der Waals surface area contributed by atoms with Crippen molar-refractivity contribution >= 4 is 44.7 Å². The number of rotatable bonds is 5. The molecule has 1 fully saturated rings. The molecule has 1 saturated heterocycles. The second kappa shape index (κ2) is 8.77. The van der Waals surface area contributed by atoms with Gasteiger partial charge in [0.25, 0.3) is 0 Å². The molecule has 5 heterocycles. The molecule has 6 rings (SSSR count). The first kappa shape index (κ1) is 21.7. The molecule has 0 aliphatic carbocycles. The zero-order valence-corrected chi connectivity index (χ0v) is 20.3. The molecule has 35 heavy (non-hydrogen) atoms. The van der Waals surface area contributed by atoms with Gasteiger partial charge in [0.1, 0.15) is 17.5 Å². The normalized spacial score (nSPS) is 15.2. The lowest BCUT2D eigenvalue weighted by molar-refractivity contribution is 0.620. The third kappa shape index (κ3) is 3.93. The first-order chi connectivity index (χ1) is 17.1. The number of anilines is 3. The molecule has 1 aromatic carbocycles. The summed E-state index contributed by atoms with van der Waals surface area (Å²) in [5.41, 5.74) is 3.12. The van der Waals surface area contributed by atoms with Crippen LogP contribution in [0, 0.1) is 12.7 Å². The summed E-state index contributed by atoms with van der Waals surface area (Å²) in [6.45, 7) is 7.24. The number of nitrogens with zero attached hydrogens (tertiary/aromatic N) is 7. The summed E-state index contributed by atoms with van der Waals surface area (Å²) in [5.74, 6) is 1.50. The number of nitrogens with one attached hydrogen (secondary N) is 1. The monoisotopic (exact) mass is 488 g/mol. The number of hydrogen-bond donors (Lipinski definition) is 1. The Labute approximate surface area is 206 Å². The Balaban J connectivity index is 1.37. The third-order valence-corrected chi connectivity index (χ3v) is 7.41. The number of pyridine rings is 1. The number of thiazole rings is 1. The van der Waals surface area contributed by atoms with E-state index in [-0.39, 0.29) is 11.9 Å². The minimum absolute atomic E-state index is 0.0703. The lowest BCUT2D eigenvalue weighted by Gasteiger charge is -2.37. The number of piperazine rings is 1. The van der Waals surface area contributed by atoms with Crippen LogP contribution in [0.1, 0.15) is 24.1 Å². The molecule has 0 saturated carbocycles. The smallest absolute Gasteiger partial charge is 0.185 e. The van der Waals surface area contributed by atoms with Gasteiger partial charge in [-0.05, 0) is 38.1 Å². The van der Waals surface area contributed by atoms with E-state index in [2.05, 4.69) is 43.2 Å². The van der Waals surface area contributed by atoms with Gasteiger partial charge in [0.15, 0.2) is 10.8 Å². The Hall–Kier alpha value is -3.79. The van der Waals surface area contributed by atoms with Crippen molar-refractivity contribution in [1.82, 2.24) is 24.6 Å². The van der Waals surface area contributed by atoms with Crippen LogP contribution in [0.2, 0.25) is 0 Å². The maximum Gasteiger partial charge on any atom is 0.185 e. The van der Waals surface area contributed by atoms with Crippen molar-refractivity contribution in [3.05, 3.63) is 71.2 Å². The van der Waals surface area contributed by atoms with Crippen molar-refractivity contribution < 1.29 is 4.39 Å². The van der Waals surface area contributed by atoms with Crippen molar-refractivity contribution in [2.45, 2.75) is 19.9 Å². The van der Waals surface area contributed by atoms with Gasteiger partial charge < -0.3 is 15.1 Å². The molecule has 1 unspecified atom stereocenters. The molecule has 0 amide bonds. The Morgan fingerprint density at radius 3 is 2.63 bits per heavy atom. The fourth-order valence-electron chi connectivity index (χ4n) is 4.66. The molecule has 1 aliphatic rings. The highest BCUT2D eigenvalue weighted by molar-refractivity contribution is 7.13. The van der Waals surface area contributed by atoms with Crippen molar-refractivity contribution in [2.24, 2.45) is 0 Å². The molecule has 4 aromatic heterocycles. The van der Waals surface area contributed by atoms with E-state index in [9.17, 15) is 4.39 Å². The van der Waals surface area contributed by atoms with Crippen LogP contribution in [0.15, 0.2) is 54.3 Å². The summed E-state index contributed by atoms with van der Waals surface area (Å²) in [6.07, 6.45) is 5.35. The lowest BCUT2D eigenvalue weighted by atomic mass is 10.0. The van der Waals surface area contributed by atoms with Gasteiger partial charge in [0, 0.05) is 66.5 Å². The van der Waals surface area contributed by atoms with Gasteiger partial charge in [-0.3, -0.25) is 0 Å². The standard InChI is InChI=1S/C25H25FN8S/c1-16-20(26)4-3-18-15-19(17(2)30-22-5-7-27-21-6-8-29-34(21)22)24(31-23(16)18)32-10-12-33(13-11-32)25-28-9-14-35-25/h3-9,14-15,17,30H,10-13H2,1-2H3. The summed E-state index contributed by atoms with van der Waals surface area (Å²) < 4.78 is 16.2. The van der Waals surface area contributed by atoms with Crippen LogP contribution in [0.5, 0.6) is 0 Å². The van der Waals surface area contributed by atoms with Crippen LogP contribution >= 0.6 is 11.3 Å². The van der Waals surface area contributed by atoms with Crippen LogP contribution in [-0.2, 0) is 0 Å². The van der Waals surface area contributed by atoms with Gasteiger partial charge in [-0.15, -0.1) is 11.3 Å². The topological polar surface area (TPSA) is 74.5 Å². The van der Waals surface area contributed by atoms with Crippen LogP contribution in [0.3, 0.4) is 0 Å². The molecule has 0 bridgehead atoms. The number of aromatic nitrogens is 5. The highest BCUT2D eigenvalue weighted by Gasteiger charge is 2.25. The second-order valence-corrected chi connectivity index (χ2v) is 9.60. The number of hydrogen-bond acceptors (Lipinski definition) is 8. The van der Waals surface area contributed by atoms with Crippen molar-refractivity contribution in [3.63, 3.8) is 0 Å². The predicted octanol–water partition coefficient (Wildman–Crippen LogP) is 4.68. The fraction of sp³-hybridized carbons (Fsp3) is 0.280. The van der Waals surface area contributed by atoms with Gasteiger partial charge in [-0.25, -0.2) is 19.3 Å². The largest absolute Gasteiger partial charge is 0.363 e. The van der Waals surface area contributed by atoms with Gasteiger partial charge >= 0.3 is 0 Å². The van der Waals surface area contributed by atoms with E-state index in [1.807, 2.05) is 29.8 Å². The minimum atomic E-state index is -0.235. The fourth-order valence-corrected chi connectivity index (χ4v) is 5.36.